The first-order chi connectivity index (χ1) is 12.8. The second kappa shape index (κ2) is 7.41. The molecule has 1 heterocycles. The molecule has 1 fully saturated rings. The zero-order valence-corrected chi connectivity index (χ0v) is 15.2. The molecule has 0 spiro atoms. The highest BCUT2D eigenvalue weighted by Gasteiger charge is 2.35. The zero-order chi connectivity index (χ0) is 19.9. The maximum Gasteiger partial charge on any atom is 0.387 e. The lowest BCUT2D eigenvalue weighted by Gasteiger charge is -2.20. The largest absolute Gasteiger partial charge is 0.462 e. The van der Waals surface area contributed by atoms with Crippen LogP contribution in [0, 0.1) is 11.6 Å². The van der Waals surface area contributed by atoms with Gasteiger partial charge in [0, 0.05) is 6.04 Å². The van der Waals surface area contributed by atoms with Crippen molar-refractivity contribution in [1.29, 1.82) is 0 Å². The molecule has 27 heavy (non-hydrogen) atoms. The number of ether oxygens (including phenoxy) is 2. The number of alkyl halides is 2. The molecule has 0 N–H and O–H groups in total. The number of thioether (sulfide) groups is 1. The molecule has 0 atom stereocenters. The van der Waals surface area contributed by atoms with E-state index in [1.54, 1.807) is 13.2 Å². The predicted octanol–water partition coefficient (Wildman–Crippen LogP) is 4.11. The topological polar surface area (TPSA) is 57.5 Å². The number of halogens is 4. The Bertz CT molecular complexity index is 972. The number of hydrogen-bond acceptors (Lipinski definition) is 5. The maximum absolute atomic E-state index is 14.3. The molecule has 3 rings (SSSR count). The molecular weight excluding hydrogens is 390 g/mol. The van der Waals surface area contributed by atoms with Crippen molar-refractivity contribution < 1.29 is 31.8 Å². The number of carbonyl (C=O) groups is 1. The van der Waals surface area contributed by atoms with E-state index in [1.165, 1.54) is 4.57 Å². The monoisotopic (exact) mass is 405 g/mol. The highest BCUT2D eigenvalue weighted by molar-refractivity contribution is 7.98. The van der Waals surface area contributed by atoms with Crippen molar-refractivity contribution >= 4 is 28.6 Å². The Kier molecular flexibility index (Phi) is 5.36. The molecule has 146 valence electrons. The first kappa shape index (κ1) is 19.5. The number of rotatable bonds is 6. The molecule has 0 unspecified atom stereocenters. The van der Waals surface area contributed by atoms with E-state index < -0.39 is 40.8 Å². The number of esters is 1. The fourth-order valence-electron chi connectivity index (χ4n) is 2.92. The normalized spacial score (nSPS) is 14.0. The van der Waals surface area contributed by atoms with Gasteiger partial charge in [-0.1, -0.05) is 0 Å². The summed E-state index contributed by atoms with van der Waals surface area (Å²) in [5, 5.41) is -0.282. The van der Waals surface area contributed by atoms with Crippen LogP contribution in [0.2, 0.25) is 0 Å². The Morgan fingerprint density at radius 3 is 2.56 bits per heavy atom. The van der Waals surface area contributed by atoms with Crippen molar-refractivity contribution in [1.82, 2.24) is 4.57 Å². The lowest BCUT2D eigenvalue weighted by atomic mass is 10.1. The van der Waals surface area contributed by atoms with E-state index in [2.05, 4.69) is 4.74 Å². The van der Waals surface area contributed by atoms with Crippen molar-refractivity contribution in [2.75, 3.05) is 12.9 Å². The van der Waals surface area contributed by atoms with Crippen LogP contribution in [0.3, 0.4) is 0 Å². The first-order valence-electron chi connectivity index (χ1n) is 8.07. The van der Waals surface area contributed by atoms with Crippen LogP contribution >= 0.6 is 11.8 Å². The summed E-state index contributed by atoms with van der Waals surface area (Å²) in [7, 11) is 0. The fraction of sp³-hybridized carbons (Fsp3) is 0.412. The Hall–Kier alpha value is -2.23. The van der Waals surface area contributed by atoms with Gasteiger partial charge in [0.15, 0.2) is 11.6 Å². The number of fused-ring (bicyclic) bond motifs is 1. The number of benzene rings is 1. The molecule has 10 heteroatoms. The SMILES string of the molecule is CCOC(=O)c1c(SC)n(C2CC2)c2c(OC(F)F)c(F)c(F)cc2c1=O. The van der Waals surface area contributed by atoms with Gasteiger partial charge in [-0.05, 0) is 32.1 Å². The third-order valence-corrected chi connectivity index (χ3v) is 4.87. The highest BCUT2D eigenvalue weighted by atomic mass is 32.2. The van der Waals surface area contributed by atoms with Crippen molar-refractivity contribution in [3.63, 3.8) is 0 Å². The molecule has 2 aromatic rings. The number of aromatic nitrogens is 1. The average molecular weight is 405 g/mol. The second-order valence-electron chi connectivity index (χ2n) is 5.81. The lowest BCUT2D eigenvalue weighted by molar-refractivity contribution is -0.0516. The van der Waals surface area contributed by atoms with Gasteiger partial charge < -0.3 is 14.0 Å². The summed E-state index contributed by atoms with van der Waals surface area (Å²) in [6.07, 6.45) is 2.83. The van der Waals surface area contributed by atoms with Gasteiger partial charge in [0.2, 0.25) is 11.2 Å². The van der Waals surface area contributed by atoms with Crippen LogP contribution in [0.15, 0.2) is 15.9 Å². The molecule has 1 aliphatic rings. The van der Waals surface area contributed by atoms with Crippen LogP contribution in [0.25, 0.3) is 10.9 Å². The van der Waals surface area contributed by atoms with Crippen LogP contribution < -0.4 is 10.2 Å². The molecule has 1 aromatic carbocycles. The highest BCUT2D eigenvalue weighted by Crippen LogP contribution is 2.44. The molecule has 0 amide bonds. The minimum Gasteiger partial charge on any atom is -0.462 e. The first-order valence-corrected chi connectivity index (χ1v) is 9.30. The Labute approximate surface area is 155 Å². The van der Waals surface area contributed by atoms with Gasteiger partial charge in [0.25, 0.3) is 0 Å². The van der Waals surface area contributed by atoms with E-state index in [1.807, 2.05) is 0 Å². The quantitative estimate of drug-likeness (QED) is 0.411. The summed E-state index contributed by atoms with van der Waals surface area (Å²) >= 11 is 1.01. The Morgan fingerprint density at radius 1 is 1.37 bits per heavy atom. The average Bonchev–Trinajstić information content (AvgIpc) is 3.43. The van der Waals surface area contributed by atoms with E-state index in [9.17, 15) is 27.2 Å². The summed E-state index contributed by atoms with van der Waals surface area (Å²) in [6, 6.07) is 0.338. The van der Waals surface area contributed by atoms with E-state index in [4.69, 9.17) is 4.74 Å². The van der Waals surface area contributed by atoms with E-state index in [0.717, 1.165) is 11.8 Å². The molecule has 0 aliphatic heterocycles. The minimum absolute atomic E-state index is 0.00504. The van der Waals surface area contributed by atoms with Gasteiger partial charge in [-0.2, -0.15) is 13.2 Å². The van der Waals surface area contributed by atoms with Crippen molar-refractivity contribution in [3.05, 3.63) is 33.5 Å². The van der Waals surface area contributed by atoms with Crippen molar-refractivity contribution in [2.45, 2.75) is 37.4 Å². The molecule has 0 bridgehead atoms. The van der Waals surface area contributed by atoms with E-state index >= 15 is 0 Å². The minimum atomic E-state index is -3.42. The molecule has 0 saturated heterocycles. The van der Waals surface area contributed by atoms with Crippen LogP contribution in [0.1, 0.15) is 36.2 Å². The Balaban J connectivity index is 2.49. The fourth-order valence-corrected chi connectivity index (χ4v) is 3.74. The summed E-state index contributed by atoms with van der Waals surface area (Å²) in [5.41, 5.74) is -1.56. The van der Waals surface area contributed by atoms with E-state index in [-0.39, 0.29) is 28.8 Å². The van der Waals surface area contributed by atoms with Gasteiger partial charge in [0.05, 0.1) is 22.5 Å². The summed E-state index contributed by atoms with van der Waals surface area (Å²) in [5.74, 6) is -5.10. The third kappa shape index (κ3) is 3.38. The van der Waals surface area contributed by atoms with Gasteiger partial charge in [-0.3, -0.25) is 4.79 Å². The molecular formula is C17H15F4NO4S. The Morgan fingerprint density at radius 2 is 2.04 bits per heavy atom. The van der Waals surface area contributed by atoms with Crippen LogP contribution in [0.5, 0.6) is 5.75 Å². The van der Waals surface area contributed by atoms with Crippen molar-refractivity contribution in [3.8, 4) is 5.75 Å². The number of carbonyl (C=O) groups excluding carboxylic acids is 1. The molecule has 5 nitrogen and oxygen atoms in total. The van der Waals surface area contributed by atoms with Gasteiger partial charge in [-0.25, -0.2) is 9.18 Å². The molecule has 1 saturated carbocycles. The molecule has 1 aromatic heterocycles. The van der Waals surface area contributed by atoms with Crippen LogP contribution in [0.4, 0.5) is 17.6 Å². The van der Waals surface area contributed by atoms with Crippen LogP contribution in [-0.4, -0.2) is 30.0 Å². The van der Waals surface area contributed by atoms with Crippen molar-refractivity contribution in [2.24, 2.45) is 0 Å². The summed E-state index contributed by atoms with van der Waals surface area (Å²) in [4.78, 5) is 25.2. The summed E-state index contributed by atoms with van der Waals surface area (Å²) in [6.45, 7) is -1.86. The van der Waals surface area contributed by atoms with Gasteiger partial charge in [0.1, 0.15) is 5.56 Å². The van der Waals surface area contributed by atoms with Gasteiger partial charge in [-0.15, -0.1) is 11.8 Å². The standard InChI is InChI=1S/C17H15F4NO4S/c1-3-25-16(24)10-13(23)8-6-9(18)11(19)14(26-17(20)21)12(8)22(7-4-5-7)15(10)27-2/h6-7,17H,3-5H2,1-2H3. The predicted molar refractivity (Wildman–Crippen MR) is 90.8 cm³/mol. The van der Waals surface area contributed by atoms with Gasteiger partial charge >= 0.3 is 12.6 Å². The smallest absolute Gasteiger partial charge is 0.387 e. The summed E-state index contributed by atoms with van der Waals surface area (Å²) < 4.78 is 64.4. The molecule has 0 radical (unpaired) electrons. The number of nitrogens with zero attached hydrogens (tertiary/aromatic N) is 1. The zero-order valence-electron chi connectivity index (χ0n) is 14.4. The third-order valence-electron chi connectivity index (χ3n) is 4.09. The second-order valence-corrected chi connectivity index (χ2v) is 6.61. The van der Waals surface area contributed by atoms with E-state index in [0.29, 0.717) is 18.9 Å². The number of hydrogen-bond donors (Lipinski definition) is 0. The van der Waals surface area contributed by atoms with Crippen LogP contribution in [-0.2, 0) is 4.74 Å². The lowest BCUT2D eigenvalue weighted by Crippen LogP contribution is -2.24. The molecule has 1 aliphatic carbocycles. The number of pyridine rings is 1. The maximum atomic E-state index is 14.3.